The lowest BCUT2D eigenvalue weighted by molar-refractivity contribution is 0.414. The van der Waals surface area contributed by atoms with Crippen molar-refractivity contribution in [3.63, 3.8) is 0 Å². The number of aromatic nitrogens is 2. The highest BCUT2D eigenvalue weighted by Crippen LogP contribution is 2.25. The van der Waals surface area contributed by atoms with Crippen molar-refractivity contribution < 1.29 is 13.2 Å². The van der Waals surface area contributed by atoms with Crippen molar-refractivity contribution in [1.82, 2.24) is 13.1 Å². The molecule has 1 heterocycles. The molecule has 3 rings (SSSR count). The van der Waals surface area contributed by atoms with Gasteiger partial charge in [0.15, 0.2) is 0 Å². The number of rotatable bonds is 5. The number of nitrogens with zero attached hydrogens (tertiary/aromatic N) is 3. The first-order chi connectivity index (χ1) is 11.0. The van der Waals surface area contributed by atoms with Gasteiger partial charge in [0.25, 0.3) is 0 Å². The molecule has 0 spiro atoms. The average molecular weight is 349 g/mol. The highest BCUT2D eigenvalue weighted by atomic mass is 32.2. The molecule has 120 valence electrons. The number of hydrogen-bond donors (Lipinski definition) is 0. The third kappa shape index (κ3) is 3.05. The van der Waals surface area contributed by atoms with Crippen LogP contribution in [-0.4, -0.2) is 35.6 Å². The summed E-state index contributed by atoms with van der Waals surface area (Å²) in [4.78, 5) is 0.180. The second-order valence-electron chi connectivity index (χ2n) is 5.00. The smallest absolute Gasteiger partial charge is 0.245 e. The van der Waals surface area contributed by atoms with Gasteiger partial charge in [-0.25, -0.2) is 8.42 Å². The zero-order valence-electron chi connectivity index (χ0n) is 12.6. The molecule has 0 saturated carbocycles. The molecule has 2 aromatic carbocycles. The van der Waals surface area contributed by atoms with E-state index >= 15 is 0 Å². The molecule has 0 fully saturated rings. The molecule has 0 aliphatic heterocycles. The molecule has 0 saturated heterocycles. The summed E-state index contributed by atoms with van der Waals surface area (Å²) < 4.78 is 40.2. The minimum atomic E-state index is -3.64. The summed E-state index contributed by atoms with van der Waals surface area (Å²) in [6.07, 6.45) is 0. The average Bonchev–Trinajstić information content (AvgIpc) is 3.03. The summed E-state index contributed by atoms with van der Waals surface area (Å²) in [5.41, 5.74) is 1.88. The monoisotopic (exact) mass is 349 g/mol. The Morgan fingerprint density at radius 3 is 2.57 bits per heavy atom. The predicted octanol–water partition coefficient (Wildman–Crippen LogP) is 2.52. The maximum atomic E-state index is 12.8. The predicted molar refractivity (Wildman–Crippen MR) is 89.1 cm³/mol. The van der Waals surface area contributed by atoms with E-state index in [0.717, 1.165) is 23.0 Å². The number of methoxy groups -OCH3 is 1. The Kier molecular flexibility index (Phi) is 4.29. The highest BCUT2D eigenvalue weighted by Gasteiger charge is 2.24. The van der Waals surface area contributed by atoms with Crippen LogP contribution < -0.4 is 4.74 Å². The van der Waals surface area contributed by atoms with Crippen LogP contribution in [-0.2, 0) is 16.6 Å². The topological polar surface area (TPSA) is 72.4 Å². The molecule has 0 atom stereocenters. The molecule has 3 aromatic rings. The Hall–Kier alpha value is -2.03. The van der Waals surface area contributed by atoms with Crippen molar-refractivity contribution >= 4 is 32.8 Å². The summed E-state index contributed by atoms with van der Waals surface area (Å²) in [5.74, 6) is 0.734. The third-order valence-corrected chi connectivity index (χ3v) is 5.88. The van der Waals surface area contributed by atoms with Gasteiger partial charge in [0, 0.05) is 13.6 Å². The van der Waals surface area contributed by atoms with Crippen molar-refractivity contribution in [2.45, 2.75) is 11.4 Å². The SMILES string of the molecule is COc1ccc(CN(C)S(=O)(=O)c2cccc3nsnc23)cc1. The van der Waals surface area contributed by atoms with Gasteiger partial charge in [-0.15, -0.1) is 0 Å². The van der Waals surface area contributed by atoms with Gasteiger partial charge >= 0.3 is 0 Å². The molecule has 0 radical (unpaired) electrons. The van der Waals surface area contributed by atoms with Gasteiger partial charge in [0.2, 0.25) is 10.0 Å². The fourth-order valence-electron chi connectivity index (χ4n) is 2.23. The number of fused-ring (bicyclic) bond motifs is 1. The first-order valence-corrected chi connectivity index (χ1v) is 9.00. The maximum absolute atomic E-state index is 12.8. The van der Waals surface area contributed by atoms with Crippen LogP contribution in [0, 0.1) is 0 Å². The first-order valence-electron chi connectivity index (χ1n) is 6.83. The lowest BCUT2D eigenvalue weighted by Gasteiger charge is -2.17. The third-order valence-electron chi connectivity index (χ3n) is 3.50. The zero-order valence-corrected chi connectivity index (χ0v) is 14.3. The van der Waals surface area contributed by atoms with E-state index in [-0.39, 0.29) is 11.4 Å². The van der Waals surface area contributed by atoms with E-state index in [1.165, 1.54) is 4.31 Å². The molecular formula is C15H15N3O3S2. The summed E-state index contributed by atoms with van der Waals surface area (Å²) in [6, 6.07) is 12.3. The molecule has 0 unspecified atom stereocenters. The van der Waals surface area contributed by atoms with Crippen molar-refractivity contribution in [1.29, 1.82) is 0 Å². The van der Waals surface area contributed by atoms with Gasteiger partial charge in [0.05, 0.1) is 18.8 Å². The number of benzene rings is 2. The largest absolute Gasteiger partial charge is 0.497 e. The zero-order chi connectivity index (χ0) is 16.4. The van der Waals surface area contributed by atoms with Crippen LogP contribution in [0.4, 0.5) is 0 Å². The summed E-state index contributed by atoms with van der Waals surface area (Å²) in [7, 11) is -0.498. The van der Waals surface area contributed by atoms with Gasteiger partial charge in [-0.05, 0) is 29.8 Å². The molecule has 8 heteroatoms. The molecule has 0 aliphatic rings. The second kappa shape index (κ2) is 6.23. The fourth-order valence-corrected chi connectivity index (χ4v) is 4.14. The van der Waals surface area contributed by atoms with Crippen LogP contribution in [0.5, 0.6) is 5.75 Å². The molecule has 23 heavy (non-hydrogen) atoms. The van der Waals surface area contributed by atoms with Gasteiger partial charge < -0.3 is 4.74 Å². The van der Waals surface area contributed by atoms with E-state index in [1.54, 1.807) is 44.5 Å². The van der Waals surface area contributed by atoms with Crippen LogP contribution in [0.15, 0.2) is 47.4 Å². The van der Waals surface area contributed by atoms with Crippen LogP contribution >= 0.6 is 11.7 Å². The fraction of sp³-hybridized carbons (Fsp3) is 0.200. The highest BCUT2D eigenvalue weighted by molar-refractivity contribution is 7.89. The van der Waals surface area contributed by atoms with Gasteiger partial charge in [-0.2, -0.15) is 13.1 Å². The van der Waals surface area contributed by atoms with Crippen molar-refractivity contribution in [3.8, 4) is 5.75 Å². The van der Waals surface area contributed by atoms with Crippen molar-refractivity contribution in [2.24, 2.45) is 0 Å². The molecule has 0 bridgehead atoms. The van der Waals surface area contributed by atoms with Crippen molar-refractivity contribution in [3.05, 3.63) is 48.0 Å². The molecule has 0 amide bonds. The van der Waals surface area contributed by atoms with Gasteiger partial charge in [0.1, 0.15) is 21.7 Å². The molecule has 1 aromatic heterocycles. The normalized spacial score (nSPS) is 12.0. The maximum Gasteiger partial charge on any atom is 0.245 e. The molecule has 6 nitrogen and oxygen atoms in total. The van der Waals surface area contributed by atoms with E-state index < -0.39 is 10.0 Å². The summed E-state index contributed by atoms with van der Waals surface area (Å²) in [6.45, 7) is 0.264. The Labute approximate surface area is 138 Å². The molecule has 0 N–H and O–H groups in total. The summed E-state index contributed by atoms with van der Waals surface area (Å²) in [5, 5.41) is 0. The first kappa shape index (κ1) is 15.9. The number of hydrogen-bond acceptors (Lipinski definition) is 6. The van der Waals surface area contributed by atoms with E-state index in [0.29, 0.717) is 11.0 Å². The Balaban J connectivity index is 1.90. The van der Waals surface area contributed by atoms with Crippen LogP contribution in [0.1, 0.15) is 5.56 Å². The molecule has 0 aliphatic carbocycles. The Bertz CT molecular complexity index is 921. The Morgan fingerprint density at radius 2 is 1.87 bits per heavy atom. The second-order valence-corrected chi connectivity index (χ2v) is 7.54. The van der Waals surface area contributed by atoms with Gasteiger partial charge in [-0.3, -0.25) is 0 Å². The Morgan fingerprint density at radius 1 is 1.13 bits per heavy atom. The van der Waals surface area contributed by atoms with E-state index in [4.69, 9.17) is 4.74 Å². The lowest BCUT2D eigenvalue weighted by Crippen LogP contribution is -2.26. The molecular weight excluding hydrogens is 334 g/mol. The van der Waals surface area contributed by atoms with E-state index in [2.05, 4.69) is 8.75 Å². The van der Waals surface area contributed by atoms with Crippen LogP contribution in [0.25, 0.3) is 11.0 Å². The lowest BCUT2D eigenvalue weighted by atomic mass is 10.2. The standard InChI is InChI=1S/C15H15N3O3S2/c1-18(10-11-6-8-12(21-2)9-7-11)23(19,20)14-5-3-4-13-15(14)17-22-16-13/h3-9H,10H2,1-2H3. The summed E-state index contributed by atoms with van der Waals surface area (Å²) >= 11 is 1.01. The van der Waals surface area contributed by atoms with Crippen LogP contribution in [0.2, 0.25) is 0 Å². The van der Waals surface area contributed by atoms with E-state index in [1.807, 2.05) is 12.1 Å². The minimum Gasteiger partial charge on any atom is -0.497 e. The van der Waals surface area contributed by atoms with Crippen molar-refractivity contribution in [2.75, 3.05) is 14.2 Å². The number of ether oxygens (including phenoxy) is 1. The quantitative estimate of drug-likeness (QED) is 0.708. The van der Waals surface area contributed by atoms with Crippen LogP contribution in [0.3, 0.4) is 0 Å². The van der Waals surface area contributed by atoms with E-state index in [9.17, 15) is 8.42 Å². The minimum absolute atomic E-state index is 0.180. The van der Waals surface area contributed by atoms with Gasteiger partial charge in [-0.1, -0.05) is 18.2 Å². The number of sulfonamides is 1.